The van der Waals surface area contributed by atoms with Crippen LogP contribution in [0.15, 0.2) is 66.7 Å². The van der Waals surface area contributed by atoms with Crippen molar-refractivity contribution in [3.63, 3.8) is 0 Å². The Bertz CT molecular complexity index is 1020. The molecule has 0 aliphatic carbocycles. The van der Waals surface area contributed by atoms with Gasteiger partial charge in [-0.1, -0.05) is 42.5 Å². The minimum absolute atomic E-state index is 0.460. The van der Waals surface area contributed by atoms with Crippen molar-refractivity contribution in [3.05, 3.63) is 72.3 Å². The molecule has 0 radical (unpaired) electrons. The molecule has 6 heteroatoms. The van der Waals surface area contributed by atoms with Crippen LogP contribution in [-0.4, -0.2) is 24.0 Å². The van der Waals surface area contributed by atoms with E-state index in [1.807, 2.05) is 67.6 Å². The molecule has 0 aliphatic heterocycles. The lowest BCUT2D eigenvalue weighted by Crippen LogP contribution is -2.50. The topological polar surface area (TPSA) is 76.7 Å². The number of carbonyl (C=O) groups excluding carboxylic acids is 2. The van der Waals surface area contributed by atoms with Crippen molar-refractivity contribution in [2.45, 2.75) is 33.0 Å². The largest absolute Gasteiger partial charge is 0.481 e. The van der Waals surface area contributed by atoms with Crippen molar-refractivity contribution in [2.75, 3.05) is 0 Å². The van der Waals surface area contributed by atoms with Crippen LogP contribution >= 0.6 is 0 Å². The van der Waals surface area contributed by atoms with Crippen LogP contribution in [0.4, 0.5) is 0 Å². The molecule has 0 aliphatic rings. The molecule has 0 bridgehead atoms. The summed E-state index contributed by atoms with van der Waals surface area (Å²) in [6, 6.07) is 20.9. The smallest absolute Gasteiger partial charge is 0.279 e. The van der Waals surface area contributed by atoms with Gasteiger partial charge in [0.25, 0.3) is 11.8 Å². The SMILES string of the molecule is Cc1cccc(O[C@@H](C)C(=O)NNC(=O)[C@H](C)Oc2ccc3ccccc3c2)c1. The predicted molar refractivity (Wildman–Crippen MR) is 112 cm³/mol. The first kappa shape index (κ1) is 20.2. The first-order valence-corrected chi connectivity index (χ1v) is 9.41. The second-order valence-electron chi connectivity index (χ2n) is 6.82. The van der Waals surface area contributed by atoms with Crippen LogP contribution < -0.4 is 20.3 Å². The Morgan fingerprint density at radius 1 is 0.724 bits per heavy atom. The van der Waals surface area contributed by atoms with Crippen LogP contribution in [0.5, 0.6) is 11.5 Å². The number of aryl methyl sites for hydroxylation is 1. The van der Waals surface area contributed by atoms with E-state index in [9.17, 15) is 9.59 Å². The van der Waals surface area contributed by atoms with E-state index in [0.29, 0.717) is 11.5 Å². The third kappa shape index (κ3) is 5.48. The van der Waals surface area contributed by atoms with Gasteiger partial charge in [-0.25, -0.2) is 0 Å². The molecule has 150 valence electrons. The number of ether oxygens (including phenoxy) is 2. The highest BCUT2D eigenvalue weighted by molar-refractivity contribution is 5.87. The first-order valence-electron chi connectivity index (χ1n) is 9.41. The molecule has 3 aromatic carbocycles. The van der Waals surface area contributed by atoms with E-state index in [2.05, 4.69) is 10.9 Å². The van der Waals surface area contributed by atoms with E-state index in [1.165, 1.54) is 0 Å². The van der Waals surface area contributed by atoms with E-state index in [0.717, 1.165) is 16.3 Å². The van der Waals surface area contributed by atoms with Crippen molar-refractivity contribution in [1.29, 1.82) is 0 Å². The number of hydrogen-bond acceptors (Lipinski definition) is 4. The molecule has 3 aromatic rings. The first-order chi connectivity index (χ1) is 13.9. The van der Waals surface area contributed by atoms with Gasteiger partial charge in [0.1, 0.15) is 11.5 Å². The standard InChI is InChI=1S/C23H24N2O4/c1-15-7-6-10-20(13-15)28-16(2)22(26)24-25-23(27)17(3)29-21-12-11-18-8-4-5-9-19(18)14-21/h4-14,16-17H,1-3H3,(H,24,26)(H,25,27)/t16-,17-/m0/s1. The Hall–Kier alpha value is -3.54. The number of carbonyl (C=O) groups is 2. The van der Waals surface area contributed by atoms with Gasteiger partial charge in [0.05, 0.1) is 0 Å². The Morgan fingerprint density at radius 2 is 1.31 bits per heavy atom. The molecule has 2 atom stereocenters. The summed E-state index contributed by atoms with van der Waals surface area (Å²) in [5, 5.41) is 2.11. The summed E-state index contributed by atoms with van der Waals surface area (Å²) >= 11 is 0. The van der Waals surface area contributed by atoms with Crippen LogP contribution in [0.1, 0.15) is 19.4 Å². The lowest BCUT2D eigenvalue weighted by Gasteiger charge is -2.18. The van der Waals surface area contributed by atoms with Crippen LogP contribution in [-0.2, 0) is 9.59 Å². The number of benzene rings is 3. The molecular weight excluding hydrogens is 368 g/mol. The summed E-state index contributed by atoms with van der Waals surface area (Å²) in [5.74, 6) is 0.243. The van der Waals surface area contributed by atoms with Gasteiger partial charge in [-0.05, 0) is 61.4 Å². The van der Waals surface area contributed by atoms with Gasteiger partial charge >= 0.3 is 0 Å². The highest BCUT2D eigenvalue weighted by Crippen LogP contribution is 2.21. The van der Waals surface area contributed by atoms with E-state index in [1.54, 1.807) is 19.9 Å². The molecule has 2 amide bonds. The Balaban J connectivity index is 1.50. The van der Waals surface area contributed by atoms with Gasteiger partial charge in [-0.2, -0.15) is 0 Å². The molecule has 0 unspecified atom stereocenters. The van der Waals surface area contributed by atoms with Crippen LogP contribution in [0.25, 0.3) is 10.8 Å². The van der Waals surface area contributed by atoms with Crippen molar-refractivity contribution in [2.24, 2.45) is 0 Å². The fourth-order valence-electron chi connectivity index (χ4n) is 2.77. The summed E-state index contributed by atoms with van der Waals surface area (Å²) in [5.41, 5.74) is 5.77. The summed E-state index contributed by atoms with van der Waals surface area (Å²) in [6.07, 6.45) is -1.56. The third-order valence-electron chi connectivity index (χ3n) is 4.38. The minimum Gasteiger partial charge on any atom is -0.481 e. The van der Waals surface area contributed by atoms with Gasteiger partial charge in [-0.3, -0.25) is 20.4 Å². The molecule has 2 N–H and O–H groups in total. The zero-order valence-corrected chi connectivity index (χ0v) is 16.6. The molecule has 0 saturated carbocycles. The maximum absolute atomic E-state index is 12.2. The van der Waals surface area contributed by atoms with E-state index in [-0.39, 0.29) is 0 Å². The van der Waals surface area contributed by atoms with Gasteiger partial charge in [-0.15, -0.1) is 0 Å². The van der Waals surface area contributed by atoms with Crippen molar-refractivity contribution in [1.82, 2.24) is 10.9 Å². The lowest BCUT2D eigenvalue weighted by molar-refractivity contribution is -0.135. The summed E-state index contributed by atoms with van der Waals surface area (Å²) in [7, 11) is 0. The van der Waals surface area contributed by atoms with E-state index >= 15 is 0 Å². The van der Waals surface area contributed by atoms with Crippen LogP contribution in [0.2, 0.25) is 0 Å². The maximum atomic E-state index is 12.2. The molecule has 6 nitrogen and oxygen atoms in total. The second-order valence-corrected chi connectivity index (χ2v) is 6.82. The quantitative estimate of drug-likeness (QED) is 0.629. The minimum atomic E-state index is -0.788. The zero-order chi connectivity index (χ0) is 20.8. The Labute approximate surface area is 169 Å². The maximum Gasteiger partial charge on any atom is 0.279 e. The van der Waals surface area contributed by atoms with Crippen molar-refractivity contribution < 1.29 is 19.1 Å². The predicted octanol–water partition coefficient (Wildman–Crippen LogP) is 3.53. The van der Waals surface area contributed by atoms with Crippen molar-refractivity contribution >= 4 is 22.6 Å². The third-order valence-corrected chi connectivity index (χ3v) is 4.38. The molecule has 29 heavy (non-hydrogen) atoms. The summed E-state index contributed by atoms with van der Waals surface area (Å²) in [4.78, 5) is 24.4. The van der Waals surface area contributed by atoms with Crippen molar-refractivity contribution in [3.8, 4) is 11.5 Å². The molecule has 0 heterocycles. The molecular formula is C23H24N2O4. The van der Waals surface area contributed by atoms with Gasteiger partial charge in [0.2, 0.25) is 0 Å². The fourth-order valence-corrected chi connectivity index (χ4v) is 2.77. The van der Waals surface area contributed by atoms with E-state index in [4.69, 9.17) is 9.47 Å². The molecule has 3 rings (SSSR count). The number of nitrogens with one attached hydrogen (secondary N) is 2. The highest BCUT2D eigenvalue weighted by atomic mass is 16.5. The van der Waals surface area contributed by atoms with Gasteiger partial charge in [0, 0.05) is 0 Å². The van der Waals surface area contributed by atoms with Gasteiger partial charge < -0.3 is 9.47 Å². The number of fused-ring (bicyclic) bond motifs is 1. The molecule has 0 saturated heterocycles. The monoisotopic (exact) mass is 392 g/mol. The average Bonchev–Trinajstić information content (AvgIpc) is 2.71. The molecule has 0 fully saturated rings. The van der Waals surface area contributed by atoms with Crippen LogP contribution in [0.3, 0.4) is 0 Å². The fraction of sp³-hybridized carbons (Fsp3) is 0.217. The lowest BCUT2D eigenvalue weighted by atomic mass is 10.1. The van der Waals surface area contributed by atoms with Gasteiger partial charge in [0.15, 0.2) is 12.2 Å². The number of hydrogen-bond donors (Lipinski definition) is 2. The number of amides is 2. The second kappa shape index (κ2) is 9.10. The van der Waals surface area contributed by atoms with Crippen LogP contribution in [0, 0.1) is 6.92 Å². The molecule has 0 aromatic heterocycles. The summed E-state index contributed by atoms with van der Waals surface area (Å²) < 4.78 is 11.3. The number of hydrazine groups is 1. The zero-order valence-electron chi connectivity index (χ0n) is 16.6. The summed E-state index contributed by atoms with van der Waals surface area (Å²) in [6.45, 7) is 5.16. The number of rotatable bonds is 6. The van der Waals surface area contributed by atoms with E-state index < -0.39 is 24.0 Å². The Kier molecular flexibility index (Phi) is 6.34. The highest BCUT2D eigenvalue weighted by Gasteiger charge is 2.19. The normalized spacial score (nSPS) is 12.7. The average molecular weight is 392 g/mol. The Morgan fingerprint density at radius 3 is 1.93 bits per heavy atom. The molecule has 0 spiro atoms.